The molecule has 0 spiro atoms. The second kappa shape index (κ2) is 3.60. The SMILES string of the molecule is CCCc1cc(=O)n(C)c(=O)n1C. The van der Waals surface area contributed by atoms with Gasteiger partial charge in [0.1, 0.15) is 0 Å². The van der Waals surface area contributed by atoms with E-state index in [1.165, 1.54) is 17.7 Å². The third kappa shape index (κ3) is 1.71. The molecular weight excluding hydrogens is 168 g/mol. The fourth-order valence-electron chi connectivity index (χ4n) is 1.27. The maximum atomic E-state index is 11.4. The van der Waals surface area contributed by atoms with Gasteiger partial charge in [-0.25, -0.2) is 4.79 Å². The van der Waals surface area contributed by atoms with E-state index in [1.807, 2.05) is 6.92 Å². The molecule has 4 heteroatoms. The molecule has 1 heterocycles. The van der Waals surface area contributed by atoms with Crippen LogP contribution in [0, 0.1) is 0 Å². The van der Waals surface area contributed by atoms with Crippen LogP contribution in [0.3, 0.4) is 0 Å². The summed E-state index contributed by atoms with van der Waals surface area (Å²) >= 11 is 0. The molecule has 0 saturated carbocycles. The van der Waals surface area contributed by atoms with E-state index in [9.17, 15) is 9.59 Å². The zero-order valence-corrected chi connectivity index (χ0v) is 8.20. The minimum absolute atomic E-state index is 0.230. The second-order valence-corrected chi connectivity index (χ2v) is 3.12. The molecule has 0 unspecified atom stereocenters. The number of nitrogens with zero attached hydrogens (tertiary/aromatic N) is 2. The average Bonchev–Trinajstić information content (AvgIpc) is 2.11. The van der Waals surface area contributed by atoms with Gasteiger partial charge >= 0.3 is 5.69 Å². The lowest BCUT2D eigenvalue weighted by Gasteiger charge is -2.07. The molecule has 1 aromatic rings. The molecule has 13 heavy (non-hydrogen) atoms. The summed E-state index contributed by atoms with van der Waals surface area (Å²) in [6.07, 6.45) is 1.70. The van der Waals surface area contributed by atoms with Gasteiger partial charge < -0.3 is 4.57 Å². The van der Waals surface area contributed by atoms with E-state index >= 15 is 0 Å². The molecule has 1 aromatic heterocycles. The first kappa shape index (κ1) is 9.77. The molecule has 0 amide bonds. The number of aryl methyl sites for hydroxylation is 1. The van der Waals surface area contributed by atoms with Gasteiger partial charge in [-0.3, -0.25) is 9.36 Å². The zero-order chi connectivity index (χ0) is 10.0. The lowest BCUT2D eigenvalue weighted by atomic mass is 10.2. The summed E-state index contributed by atoms with van der Waals surface area (Å²) in [5.41, 5.74) is 0.318. The van der Waals surface area contributed by atoms with Crippen LogP contribution in [-0.4, -0.2) is 9.13 Å². The van der Waals surface area contributed by atoms with E-state index in [2.05, 4.69) is 0 Å². The molecule has 0 fully saturated rings. The second-order valence-electron chi connectivity index (χ2n) is 3.12. The van der Waals surface area contributed by atoms with Crippen LogP contribution in [-0.2, 0) is 20.5 Å². The highest BCUT2D eigenvalue weighted by Crippen LogP contribution is 1.94. The first-order valence-corrected chi connectivity index (χ1v) is 4.34. The quantitative estimate of drug-likeness (QED) is 0.648. The summed E-state index contributed by atoms with van der Waals surface area (Å²) in [7, 11) is 3.17. The fraction of sp³-hybridized carbons (Fsp3) is 0.556. The Morgan fingerprint density at radius 2 is 1.85 bits per heavy atom. The first-order valence-electron chi connectivity index (χ1n) is 4.34. The normalized spacial score (nSPS) is 10.4. The Balaban J connectivity index is 3.41. The monoisotopic (exact) mass is 182 g/mol. The lowest BCUT2D eigenvalue weighted by molar-refractivity contribution is 0.643. The minimum Gasteiger partial charge on any atom is -0.301 e. The Morgan fingerprint density at radius 3 is 2.38 bits per heavy atom. The smallest absolute Gasteiger partial charge is 0.301 e. The Labute approximate surface area is 76.4 Å². The summed E-state index contributed by atoms with van der Waals surface area (Å²) in [5.74, 6) is 0. The Hall–Kier alpha value is -1.32. The molecule has 4 nitrogen and oxygen atoms in total. The van der Waals surface area contributed by atoms with Crippen molar-refractivity contribution in [1.29, 1.82) is 0 Å². The van der Waals surface area contributed by atoms with E-state index in [-0.39, 0.29) is 11.2 Å². The molecule has 0 atom stereocenters. The van der Waals surface area contributed by atoms with E-state index in [4.69, 9.17) is 0 Å². The highest BCUT2D eigenvalue weighted by atomic mass is 16.2. The van der Waals surface area contributed by atoms with Gasteiger partial charge in [0, 0.05) is 25.9 Å². The van der Waals surface area contributed by atoms with Crippen molar-refractivity contribution in [3.63, 3.8) is 0 Å². The van der Waals surface area contributed by atoms with E-state index < -0.39 is 0 Å². The Bertz CT molecular complexity index is 415. The number of hydrogen-bond acceptors (Lipinski definition) is 2. The van der Waals surface area contributed by atoms with Crippen molar-refractivity contribution in [3.05, 3.63) is 32.6 Å². The van der Waals surface area contributed by atoms with Crippen molar-refractivity contribution in [1.82, 2.24) is 9.13 Å². The van der Waals surface area contributed by atoms with E-state index in [0.717, 1.165) is 23.1 Å². The number of aromatic nitrogens is 2. The first-order chi connectivity index (χ1) is 6.07. The largest absolute Gasteiger partial charge is 0.330 e. The summed E-state index contributed by atoms with van der Waals surface area (Å²) in [6.45, 7) is 2.02. The van der Waals surface area contributed by atoms with Crippen molar-refractivity contribution < 1.29 is 0 Å². The summed E-state index contributed by atoms with van der Waals surface area (Å²) in [5, 5.41) is 0. The van der Waals surface area contributed by atoms with Gasteiger partial charge in [0.05, 0.1) is 0 Å². The maximum Gasteiger partial charge on any atom is 0.330 e. The van der Waals surface area contributed by atoms with Gasteiger partial charge in [-0.1, -0.05) is 13.3 Å². The molecule has 0 aliphatic heterocycles. The van der Waals surface area contributed by atoms with Crippen LogP contribution in [0.25, 0.3) is 0 Å². The highest BCUT2D eigenvalue weighted by molar-refractivity contribution is 5.01. The molecule has 72 valence electrons. The van der Waals surface area contributed by atoms with Gasteiger partial charge in [0.25, 0.3) is 5.56 Å². The predicted molar refractivity (Wildman–Crippen MR) is 50.9 cm³/mol. The predicted octanol–water partition coefficient (Wildman–Crippen LogP) is 0.0365. The average molecular weight is 182 g/mol. The van der Waals surface area contributed by atoms with Crippen molar-refractivity contribution >= 4 is 0 Å². The third-order valence-electron chi connectivity index (χ3n) is 2.13. The fourth-order valence-corrected chi connectivity index (χ4v) is 1.27. The molecule has 0 aromatic carbocycles. The highest BCUT2D eigenvalue weighted by Gasteiger charge is 2.03. The van der Waals surface area contributed by atoms with Crippen LogP contribution in [0.15, 0.2) is 15.7 Å². The minimum atomic E-state index is -0.254. The van der Waals surface area contributed by atoms with Gasteiger partial charge in [0.2, 0.25) is 0 Å². The standard InChI is InChI=1S/C9H14N2O2/c1-4-5-7-6-8(12)11(3)9(13)10(7)2/h6H,4-5H2,1-3H3. The van der Waals surface area contributed by atoms with Crippen LogP contribution < -0.4 is 11.2 Å². The number of hydrogen-bond donors (Lipinski definition) is 0. The third-order valence-corrected chi connectivity index (χ3v) is 2.13. The van der Waals surface area contributed by atoms with Gasteiger partial charge in [0.15, 0.2) is 0 Å². The Morgan fingerprint density at radius 1 is 1.23 bits per heavy atom. The van der Waals surface area contributed by atoms with Crippen LogP contribution in [0.4, 0.5) is 0 Å². The van der Waals surface area contributed by atoms with Crippen molar-refractivity contribution in [2.75, 3.05) is 0 Å². The van der Waals surface area contributed by atoms with Gasteiger partial charge in [-0.15, -0.1) is 0 Å². The number of rotatable bonds is 2. The van der Waals surface area contributed by atoms with Gasteiger partial charge in [-0.05, 0) is 6.42 Å². The summed E-state index contributed by atoms with van der Waals surface area (Å²) in [4.78, 5) is 22.6. The molecule has 1 rings (SSSR count). The Kier molecular flexibility index (Phi) is 2.70. The molecule has 0 N–H and O–H groups in total. The van der Waals surface area contributed by atoms with Crippen LogP contribution in [0.1, 0.15) is 19.0 Å². The summed E-state index contributed by atoms with van der Waals surface area (Å²) in [6, 6.07) is 1.52. The van der Waals surface area contributed by atoms with Crippen LogP contribution in [0.5, 0.6) is 0 Å². The van der Waals surface area contributed by atoms with Crippen molar-refractivity contribution in [2.24, 2.45) is 14.1 Å². The van der Waals surface area contributed by atoms with Gasteiger partial charge in [-0.2, -0.15) is 0 Å². The molecular formula is C9H14N2O2. The zero-order valence-electron chi connectivity index (χ0n) is 8.20. The van der Waals surface area contributed by atoms with E-state index in [0.29, 0.717) is 0 Å². The maximum absolute atomic E-state index is 11.4. The topological polar surface area (TPSA) is 44.0 Å². The molecule has 0 bridgehead atoms. The molecule has 0 saturated heterocycles. The van der Waals surface area contributed by atoms with E-state index in [1.54, 1.807) is 7.05 Å². The van der Waals surface area contributed by atoms with Crippen LogP contribution in [0.2, 0.25) is 0 Å². The molecule has 0 aliphatic carbocycles. The molecule has 0 radical (unpaired) electrons. The summed E-state index contributed by atoms with van der Waals surface area (Å²) < 4.78 is 2.63. The van der Waals surface area contributed by atoms with Crippen molar-refractivity contribution in [2.45, 2.75) is 19.8 Å². The molecule has 0 aliphatic rings. The van der Waals surface area contributed by atoms with Crippen LogP contribution >= 0.6 is 0 Å². The van der Waals surface area contributed by atoms with Crippen molar-refractivity contribution in [3.8, 4) is 0 Å². The lowest BCUT2D eigenvalue weighted by Crippen LogP contribution is -2.37.